The largest absolute Gasteiger partial charge is 0.497 e. The smallest absolute Gasteiger partial charge is 0.283 e. The maximum absolute atomic E-state index is 13.1. The van der Waals surface area contributed by atoms with Crippen molar-refractivity contribution in [2.75, 3.05) is 29.8 Å². The number of hydrogen-bond donors (Lipinski definition) is 2. The van der Waals surface area contributed by atoms with E-state index < -0.39 is 11.8 Å². The number of rotatable bonds is 7. The highest BCUT2D eigenvalue weighted by Gasteiger charge is 2.39. The van der Waals surface area contributed by atoms with Crippen LogP contribution < -0.4 is 25.0 Å². The average molecular weight is 526 g/mol. The van der Waals surface area contributed by atoms with Crippen LogP contribution in [0.3, 0.4) is 0 Å². The molecule has 3 aromatic carbocycles. The van der Waals surface area contributed by atoms with Gasteiger partial charge < -0.3 is 20.1 Å². The van der Waals surface area contributed by atoms with Crippen molar-refractivity contribution in [3.8, 4) is 11.5 Å². The molecular weight excluding hydrogens is 505 g/mol. The van der Waals surface area contributed by atoms with Gasteiger partial charge >= 0.3 is 0 Å². The summed E-state index contributed by atoms with van der Waals surface area (Å²) < 4.78 is 10.5. The molecule has 0 atom stereocenters. The van der Waals surface area contributed by atoms with Gasteiger partial charge in [0.1, 0.15) is 22.2 Å². The van der Waals surface area contributed by atoms with E-state index in [-0.39, 0.29) is 16.6 Å². The first kappa shape index (κ1) is 25.1. The van der Waals surface area contributed by atoms with E-state index in [9.17, 15) is 14.4 Å². The molecule has 3 amide bonds. The standard InChI is InChI=1S/C26H21Cl2N3O5/c1-14-4-7-16(27)12-20(14)31-25(33)22(28)23(26(31)34)29-17-8-5-15(6-9-17)24(32)30-19-13-18(35-2)10-11-21(19)36-3/h4-13,29H,1-3H3,(H,30,32). The van der Waals surface area contributed by atoms with E-state index >= 15 is 0 Å². The molecule has 0 aliphatic carbocycles. The summed E-state index contributed by atoms with van der Waals surface area (Å²) in [4.78, 5) is 39.6. The Balaban J connectivity index is 1.51. The number of methoxy groups -OCH3 is 2. The van der Waals surface area contributed by atoms with Gasteiger partial charge in [0.15, 0.2) is 0 Å². The second-order valence-electron chi connectivity index (χ2n) is 7.79. The normalized spacial score (nSPS) is 13.2. The van der Waals surface area contributed by atoms with Crippen molar-refractivity contribution < 1.29 is 23.9 Å². The van der Waals surface area contributed by atoms with E-state index in [0.29, 0.717) is 44.7 Å². The quantitative estimate of drug-likeness (QED) is 0.403. The van der Waals surface area contributed by atoms with Gasteiger partial charge in [-0.25, -0.2) is 4.90 Å². The first-order chi connectivity index (χ1) is 17.2. The average Bonchev–Trinajstić information content (AvgIpc) is 3.08. The van der Waals surface area contributed by atoms with Crippen LogP contribution in [0.2, 0.25) is 5.02 Å². The van der Waals surface area contributed by atoms with Crippen molar-refractivity contribution in [2.45, 2.75) is 6.92 Å². The Morgan fingerprint density at radius 2 is 1.61 bits per heavy atom. The monoisotopic (exact) mass is 525 g/mol. The van der Waals surface area contributed by atoms with Gasteiger partial charge in [-0.05, 0) is 61.0 Å². The SMILES string of the molecule is COc1ccc(OC)c(NC(=O)c2ccc(NC3=C(Cl)C(=O)N(c4cc(Cl)ccc4C)C3=O)cc2)c1. The van der Waals surface area contributed by atoms with Gasteiger partial charge in [0.25, 0.3) is 17.7 Å². The van der Waals surface area contributed by atoms with E-state index in [4.69, 9.17) is 32.7 Å². The zero-order valence-electron chi connectivity index (χ0n) is 19.5. The van der Waals surface area contributed by atoms with Crippen molar-refractivity contribution in [1.82, 2.24) is 0 Å². The lowest BCUT2D eigenvalue weighted by Crippen LogP contribution is -2.32. The molecule has 0 radical (unpaired) electrons. The van der Waals surface area contributed by atoms with Gasteiger partial charge in [-0.1, -0.05) is 29.3 Å². The first-order valence-electron chi connectivity index (χ1n) is 10.7. The molecule has 0 saturated heterocycles. The van der Waals surface area contributed by atoms with Gasteiger partial charge in [0.2, 0.25) is 0 Å². The highest BCUT2D eigenvalue weighted by atomic mass is 35.5. The van der Waals surface area contributed by atoms with Crippen LogP contribution >= 0.6 is 23.2 Å². The maximum atomic E-state index is 13.1. The summed E-state index contributed by atoms with van der Waals surface area (Å²) in [5.41, 5.74) is 2.24. The van der Waals surface area contributed by atoms with Crippen LogP contribution in [-0.4, -0.2) is 31.9 Å². The minimum absolute atomic E-state index is 0.0700. The van der Waals surface area contributed by atoms with Crippen LogP contribution in [-0.2, 0) is 9.59 Å². The predicted molar refractivity (Wildman–Crippen MR) is 139 cm³/mol. The Morgan fingerprint density at radius 3 is 2.28 bits per heavy atom. The van der Waals surface area contributed by atoms with Crippen molar-refractivity contribution >= 4 is 58.0 Å². The van der Waals surface area contributed by atoms with Crippen molar-refractivity contribution in [2.24, 2.45) is 0 Å². The van der Waals surface area contributed by atoms with E-state index in [1.54, 1.807) is 61.5 Å². The fraction of sp³-hybridized carbons (Fsp3) is 0.115. The lowest BCUT2D eigenvalue weighted by molar-refractivity contribution is -0.120. The van der Waals surface area contributed by atoms with E-state index in [2.05, 4.69) is 10.6 Å². The summed E-state index contributed by atoms with van der Waals surface area (Å²) in [5.74, 6) is -0.596. The molecular formula is C26H21Cl2N3O5. The molecule has 0 bridgehead atoms. The third-order valence-electron chi connectivity index (χ3n) is 5.51. The summed E-state index contributed by atoms with van der Waals surface area (Å²) in [7, 11) is 3.03. The maximum Gasteiger partial charge on any atom is 0.283 e. The topological polar surface area (TPSA) is 97.0 Å². The van der Waals surface area contributed by atoms with E-state index in [1.165, 1.54) is 20.3 Å². The molecule has 36 heavy (non-hydrogen) atoms. The van der Waals surface area contributed by atoms with E-state index in [0.717, 1.165) is 4.90 Å². The lowest BCUT2D eigenvalue weighted by Gasteiger charge is -2.18. The molecule has 1 aliphatic rings. The number of carbonyl (C=O) groups is 3. The number of ether oxygens (including phenoxy) is 2. The number of nitrogens with one attached hydrogen (secondary N) is 2. The number of imide groups is 1. The number of halogens is 2. The molecule has 3 aromatic rings. The number of carbonyl (C=O) groups excluding carboxylic acids is 3. The Bertz CT molecular complexity index is 1400. The highest BCUT2D eigenvalue weighted by Crippen LogP contribution is 2.34. The summed E-state index contributed by atoms with van der Waals surface area (Å²) in [5, 5.41) is 5.82. The van der Waals surface area contributed by atoms with Gasteiger partial charge in [-0.3, -0.25) is 14.4 Å². The van der Waals surface area contributed by atoms with Crippen LogP contribution in [0.15, 0.2) is 71.4 Å². The molecule has 2 N–H and O–H groups in total. The fourth-order valence-corrected chi connectivity index (χ4v) is 3.99. The Hall–Kier alpha value is -4.01. The number of benzene rings is 3. The van der Waals surface area contributed by atoms with Crippen LogP contribution in [0.25, 0.3) is 0 Å². The molecule has 0 unspecified atom stereocenters. The molecule has 0 spiro atoms. The third kappa shape index (κ3) is 4.86. The minimum Gasteiger partial charge on any atom is -0.497 e. The van der Waals surface area contributed by atoms with Crippen LogP contribution in [0.1, 0.15) is 15.9 Å². The summed E-state index contributed by atoms with van der Waals surface area (Å²) in [6.07, 6.45) is 0. The number of aryl methyl sites for hydroxylation is 1. The van der Waals surface area contributed by atoms with Crippen LogP contribution in [0, 0.1) is 6.92 Å². The molecule has 1 heterocycles. The summed E-state index contributed by atoms with van der Waals surface area (Å²) >= 11 is 12.3. The van der Waals surface area contributed by atoms with Gasteiger partial charge in [0.05, 0.1) is 25.6 Å². The minimum atomic E-state index is -0.655. The second kappa shape index (κ2) is 10.3. The number of anilines is 3. The highest BCUT2D eigenvalue weighted by molar-refractivity contribution is 6.53. The zero-order chi connectivity index (χ0) is 26.0. The molecule has 0 aromatic heterocycles. The molecule has 4 rings (SSSR count). The Labute approximate surface area is 217 Å². The first-order valence-corrected chi connectivity index (χ1v) is 11.4. The lowest BCUT2D eigenvalue weighted by atomic mass is 10.1. The Morgan fingerprint density at radius 1 is 0.889 bits per heavy atom. The van der Waals surface area contributed by atoms with Gasteiger partial charge in [-0.2, -0.15) is 0 Å². The van der Waals surface area contributed by atoms with Crippen LogP contribution in [0.5, 0.6) is 11.5 Å². The molecule has 8 nitrogen and oxygen atoms in total. The number of nitrogens with zero attached hydrogens (tertiary/aromatic N) is 1. The molecule has 184 valence electrons. The summed E-state index contributed by atoms with van der Waals surface area (Å²) in [6.45, 7) is 1.76. The molecule has 0 saturated carbocycles. The van der Waals surface area contributed by atoms with Gasteiger partial charge in [-0.15, -0.1) is 0 Å². The Kier molecular flexibility index (Phi) is 7.19. The van der Waals surface area contributed by atoms with E-state index in [1.807, 2.05) is 0 Å². The second-order valence-corrected chi connectivity index (χ2v) is 8.60. The predicted octanol–water partition coefficient (Wildman–Crippen LogP) is 5.35. The van der Waals surface area contributed by atoms with Crippen molar-refractivity contribution in [3.05, 3.63) is 87.5 Å². The third-order valence-corrected chi connectivity index (χ3v) is 6.10. The van der Waals surface area contributed by atoms with Crippen molar-refractivity contribution in [3.63, 3.8) is 0 Å². The zero-order valence-corrected chi connectivity index (χ0v) is 21.0. The fourth-order valence-electron chi connectivity index (χ4n) is 3.61. The molecule has 10 heteroatoms. The van der Waals surface area contributed by atoms with Crippen LogP contribution in [0.4, 0.5) is 17.1 Å². The number of hydrogen-bond acceptors (Lipinski definition) is 6. The number of amides is 3. The summed E-state index contributed by atoms with van der Waals surface area (Å²) in [6, 6.07) is 16.3. The van der Waals surface area contributed by atoms with Gasteiger partial charge in [0, 0.05) is 22.3 Å². The molecule has 0 fully saturated rings. The van der Waals surface area contributed by atoms with Crippen molar-refractivity contribution in [1.29, 1.82) is 0 Å². The molecule has 1 aliphatic heterocycles.